The molecule has 10 heavy (non-hydrogen) atoms. The fourth-order valence-electron chi connectivity index (χ4n) is 0.202. The van der Waals surface area contributed by atoms with E-state index in [4.69, 9.17) is 5.26 Å². The highest BCUT2D eigenvalue weighted by atomic mass is 16.6. The molecule has 0 heterocycles. The van der Waals surface area contributed by atoms with Crippen molar-refractivity contribution in [3.8, 4) is 6.07 Å². The van der Waals surface area contributed by atoms with Crippen molar-refractivity contribution in [3.05, 3.63) is 0 Å². The summed E-state index contributed by atoms with van der Waals surface area (Å²) in [5.41, 5.74) is 0. The van der Waals surface area contributed by atoms with Crippen LogP contribution in [0.4, 0.5) is 0 Å². The lowest BCUT2D eigenvalue weighted by molar-refractivity contribution is -0.156. The van der Waals surface area contributed by atoms with Crippen LogP contribution >= 0.6 is 0 Å². The van der Waals surface area contributed by atoms with Crippen LogP contribution in [0.3, 0.4) is 0 Å². The molecule has 0 fully saturated rings. The maximum atomic E-state index is 9.81. The second-order valence-electron chi connectivity index (χ2n) is 1.31. The molecule has 0 aromatic carbocycles. The van der Waals surface area contributed by atoms with Crippen LogP contribution in [0.15, 0.2) is 0 Å². The van der Waals surface area contributed by atoms with Gasteiger partial charge in [-0.3, -0.25) is 9.59 Å². The molecule has 0 aliphatic heterocycles. The van der Waals surface area contributed by atoms with Crippen LogP contribution in [-0.4, -0.2) is 11.9 Å². The summed E-state index contributed by atoms with van der Waals surface area (Å²) >= 11 is 0. The van der Waals surface area contributed by atoms with Gasteiger partial charge in [-0.05, 0) is 0 Å². The van der Waals surface area contributed by atoms with Gasteiger partial charge in [-0.2, -0.15) is 5.26 Å². The van der Waals surface area contributed by atoms with Crippen LogP contribution in [0.5, 0.6) is 0 Å². The minimum atomic E-state index is -0.562. The molecule has 0 aromatic heterocycles. The van der Waals surface area contributed by atoms with E-state index >= 15 is 0 Å². The van der Waals surface area contributed by atoms with E-state index in [1.54, 1.807) is 6.07 Å². The largest absolute Gasteiger partial charge is 0.394 e. The zero-order valence-corrected chi connectivity index (χ0v) is 6.17. The summed E-state index contributed by atoms with van der Waals surface area (Å²) in [6.07, 6.45) is 0. The average Bonchev–Trinajstić information content (AvgIpc) is 1.62. The molecule has 0 bridgehead atoms. The van der Waals surface area contributed by atoms with Crippen LogP contribution in [0.25, 0.3) is 0 Å². The molecule has 0 aliphatic rings. The minimum absolute atomic E-state index is 0.562. The number of hydrogen-bond acceptors (Lipinski definition) is 4. The highest BCUT2D eigenvalue weighted by Gasteiger charge is 1.93. The molecule has 0 spiro atoms. The van der Waals surface area contributed by atoms with Gasteiger partial charge in [-0.1, -0.05) is 0 Å². The smallest absolute Gasteiger partial charge is 0.310 e. The molecule has 0 unspecified atom stereocenters. The van der Waals surface area contributed by atoms with Crippen molar-refractivity contribution >= 4 is 11.9 Å². The van der Waals surface area contributed by atoms with E-state index in [-0.39, 0.29) is 0 Å². The summed E-state index contributed by atoms with van der Waals surface area (Å²) in [7, 11) is 0. The zero-order valence-electron chi connectivity index (χ0n) is 6.17. The summed E-state index contributed by atoms with van der Waals surface area (Å²) in [4.78, 5) is 19.6. The highest BCUT2D eigenvalue weighted by molar-refractivity contribution is 5.82. The van der Waals surface area contributed by atoms with Crippen LogP contribution in [0.1, 0.15) is 20.8 Å². The molecule has 0 N–H and O–H groups in total. The molecule has 0 rings (SSSR count). The average molecular weight is 143 g/mol. The monoisotopic (exact) mass is 143 g/mol. The Labute approximate surface area is 59.4 Å². The van der Waals surface area contributed by atoms with Gasteiger partial charge < -0.3 is 4.74 Å². The number of esters is 2. The molecule has 0 saturated heterocycles. The SMILES string of the molecule is CC#N.CC(=O)OC(C)=O. The first-order valence-corrected chi connectivity index (χ1v) is 2.54. The maximum Gasteiger partial charge on any atom is 0.310 e. The predicted molar refractivity (Wildman–Crippen MR) is 33.7 cm³/mol. The Morgan fingerprint density at radius 3 is 1.50 bits per heavy atom. The molecular formula is C6H9NO3. The molecule has 56 valence electrons. The number of ether oxygens (including phenoxy) is 1. The summed E-state index contributed by atoms with van der Waals surface area (Å²) in [5, 5.41) is 7.32. The van der Waals surface area contributed by atoms with E-state index in [9.17, 15) is 9.59 Å². The van der Waals surface area contributed by atoms with E-state index in [1.807, 2.05) is 0 Å². The van der Waals surface area contributed by atoms with Crippen LogP contribution in [0, 0.1) is 11.3 Å². The number of carbonyl (C=O) groups is 2. The van der Waals surface area contributed by atoms with E-state index in [1.165, 1.54) is 20.8 Å². The van der Waals surface area contributed by atoms with Crippen LogP contribution < -0.4 is 0 Å². The first-order valence-electron chi connectivity index (χ1n) is 2.54. The van der Waals surface area contributed by atoms with Crippen molar-refractivity contribution in [3.63, 3.8) is 0 Å². The number of nitrogens with zero attached hydrogens (tertiary/aromatic N) is 1. The van der Waals surface area contributed by atoms with Crippen molar-refractivity contribution in [2.75, 3.05) is 0 Å². The van der Waals surface area contributed by atoms with Crippen molar-refractivity contribution in [2.45, 2.75) is 20.8 Å². The molecule has 0 aliphatic carbocycles. The maximum absolute atomic E-state index is 9.81. The predicted octanol–water partition coefficient (Wildman–Crippen LogP) is 0.626. The summed E-state index contributed by atoms with van der Waals surface area (Å²) < 4.78 is 3.97. The Balaban J connectivity index is 0. The number of rotatable bonds is 0. The van der Waals surface area contributed by atoms with Gasteiger partial charge in [0.2, 0.25) is 0 Å². The quantitative estimate of drug-likeness (QED) is 0.368. The normalized spacial score (nSPS) is 6.20. The third kappa shape index (κ3) is 30.4. The second-order valence-corrected chi connectivity index (χ2v) is 1.31. The van der Waals surface area contributed by atoms with Gasteiger partial charge >= 0.3 is 11.9 Å². The summed E-state index contributed by atoms with van der Waals surface area (Å²) in [6, 6.07) is 1.75. The van der Waals surface area contributed by atoms with Crippen LogP contribution in [-0.2, 0) is 14.3 Å². The van der Waals surface area contributed by atoms with Gasteiger partial charge in [-0.15, -0.1) is 0 Å². The van der Waals surface area contributed by atoms with Crippen molar-refractivity contribution in [1.82, 2.24) is 0 Å². The molecule has 4 nitrogen and oxygen atoms in total. The number of nitriles is 1. The van der Waals surface area contributed by atoms with Gasteiger partial charge in [0, 0.05) is 20.8 Å². The Morgan fingerprint density at radius 2 is 1.50 bits per heavy atom. The van der Waals surface area contributed by atoms with Gasteiger partial charge in [0.05, 0.1) is 6.07 Å². The van der Waals surface area contributed by atoms with Crippen molar-refractivity contribution < 1.29 is 14.3 Å². The van der Waals surface area contributed by atoms with Gasteiger partial charge in [-0.25, -0.2) is 0 Å². The molecule has 0 saturated carbocycles. The van der Waals surface area contributed by atoms with Gasteiger partial charge in [0.15, 0.2) is 0 Å². The summed E-state index contributed by atoms with van der Waals surface area (Å²) in [6.45, 7) is 3.79. The molecule has 4 heteroatoms. The first kappa shape index (κ1) is 11.4. The second kappa shape index (κ2) is 7.63. The van der Waals surface area contributed by atoms with E-state index in [0.717, 1.165) is 0 Å². The standard InChI is InChI=1S/C4H6O3.C2H3N/c1-3(5)7-4(2)6;1-2-3/h1-2H3;1H3. The number of hydrogen-bond donors (Lipinski definition) is 0. The van der Waals surface area contributed by atoms with Gasteiger partial charge in [0.25, 0.3) is 0 Å². The first-order chi connectivity index (χ1) is 4.54. The van der Waals surface area contributed by atoms with Crippen molar-refractivity contribution in [1.29, 1.82) is 5.26 Å². The highest BCUT2D eigenvalue weighted by Crippen LogP contribution is 1.73. The number of carbonyl (C=O) groups excluding carboxylic acids is 2. The lowest BCUT2D eigenvalue weighted by Gasteiger charge is -1.87. The molecule has 0 radical (unpaired) electrons. The minimum Gasteiger partial charge on any atom is -0.394 e. The van der Waals surface area contributed by atoms with E-state index in [0.29, 0.717) is 0 Å². The van der Waals surface area contributed by atoms with Crippen molar-refractivity contribution in [2.24, 2.45) is 0 Å². The summed E-state index contributed by atoms with van der Waals surface area (Å²) in [5.74, 6) is -1.12. The third-order valence-corrected chi connectivity index (χ3v) is 0.287. The molecule has 0 aromatic rings. The topological polar surface area (TPSA) is 67.2 Å². The zero-order chi connectivity index (χ0) is 8.57. The van der Waals surface area contributed by atoms with Gasteiger partial charge in [0.1, 0.15) is 0 Å². The Hall–Kier alpha value is -1.37. The van der Waals surface area contributed by atoms with Crippen LogP contribution in [0.2, 0.25) is 0 Å². The third-order valence-electron chi connectivity index (χ3n) is 0.287. The molecular weight excluding hydrogens is 134 g/mol. The molecule has 0 atom stereocenters. The molecule has 0 amide bonds. The fourth-order valence-corrected chi connectivity index (χ4v) is 0.202. The van der Waals surface area contributed by atoms with E-state index < -0.39 is 11.9 Å². The lowest BCUT2D eigenvalue weighted by Crippen LogP contribution is -2.03. The Morgan fingerprint density at radius 1 is 1.30 bits per heavy atom. The Kier molecular flexibility index (Phi) is 8.72. The fraction of sp³-hybridized carbons (Fsp3) is 0.500. The van der Waals surface area contributed by atoms with E-state index in [2.05, 4.69) is 4.74 Å². The Bertz CT molecular complexity index is 145. The lowest BCUT2D eigenvalue weighted by atomic mass is 10.7.